The van der Waals surface area contributed by atoms with Crippen LogP contribution < -0.4 is 5.32 Å². The maximum atomic E-state index is 11.4. The zero-order chi connectivity index (χ0) is 10.6. The molecule has 0 fully saturated rings. The summed E-state index contributed by atoms with van der Waals surface area (Å²) in [6, 6.07) is -0.366. The molecule has 0 aromatic heterocycles. The van der Waals surface area contributed by atoms with Gasteiger partial charge >= 0.3 is 0 Å². The molecule has 0 aromatic rings. The smallest absolute Gasteiger partial charge is 0.223 e. The van der Waals surface area contributed by atoms with Gasteiger partial charge in [-0.2, -0.15) is 0 Å². The Kier molecular flexibility index (Phi) is 4.67. The van der Waals surface area contributed by atoms with Crippen LogP contribution in [0.2, 0.25) is 0 Å². The standard InChI is InChI=1S/C10H19NO2/c1-6(2)9(12)8(5)11-10(13)7(3)4/h6-8H,1-5H3,(H,11,13)/t8-/m0/s1. The first-order chi connectivity index (χ1) is 5.86. The maximum absolute atomic E-state index is 11.4. The Morgan fingerprint density at radius 1 is 0.923 bits per heavy atom. The number of amides is 1. The van der Waals surface area contributed by atoms with E-state index in [9.17, 15) is 9.59 Å². The van der Waals surface area contributed by atoms with Crippen LogP contribution in [0.25, 0.3) is 0 Å². The predicted molar refractivity (Wildman–Crippen MR) is 52.3 cm³/mol. The normalized spacial score (nSPS) is 13.2. The number of Topliss-reactive ketones (excluding diaryl/α,β-unsaturated/α-hetero) is 1. The Balaban J connectivity index is 4.08. The zero-order valence-corrected chi connectivity index (χ0v) is 9.05. The zero-order valence-electron chi connectivity index (χ0n) is 9.05. The van der Waals surface area contributed by atoms with Crippen molar-refractivity contribution < 1.29 is 9.59 Å². The molecule has 0 rings (SSSR count). The van der Waals surface area contributed by atoms with Crippen LogP contribution in [0, 0.1) is 11.8 Å². The Morgan fingerprint density at radius 2 is 1.38 bits per heavy atom. The Labute approximate surface area is 79.9 Å². The molecule has 13 heavy (non-hydrogen) atoms. The van der Waals surface area contributed by atoms with Gasteiger partial charge in [0, 0.05) is 11.8 Å². The monoisotopic (exact) mass is 185 g/mol. The van der Waals surface area contributed by atoms with Gasteiger partial charge < -0.3 is 5.32 Å². The number of hydrogen-bond donors (Lipinski definition) is 1. The van der Waals surface area contributed by atoms with E-state index in [1.165, 1.54) is 0 Å². The minimum atomic E-state index is -0.366. The van der Waals surface area contributed by atoms with Crippen LogP contribution in [0.15, 0.2) is 0 Å². The Bertz CT molecular complexity index is 197. The van der Waals surface area contributed by atoms with Crippen molar-refractivity contribution in [2.75, 3.05) is 0 Å². The minimum Gasteiger partial charge on any atom is -0.346 e. The van der Waals surface area contributed by atoms with Gasteiger partial charge in [-0.05, 0) is 6.92 Å². The third kappa shape index (κ3) is 4.06. The molecule has 76 valence electrons. The summed E-state index contributed by atoms with van der Waals surface area (Å²) in [6.07, 6.45) is 0. The first kappa shape index (κ1) is 12.1. The highest BCUT2D eigenvalue weighted by molar-refractivity contribution is 5.90. The van der Waals surface area contributed by atoms with Crippen LogP contribution in [0.1, 0.15) is 34.6 Å². The summed E-state index contributed by atoms with van der Waals surface area (Å²) in [5, 5.41) is 2.67. The van der Waals surface area contributed by atoms with Crippen molar-refractivity contribution in [1.82, 2.24) is 5.32 Å². The number of hydrogen-bond acceptors (Lipinski definition) is 2. The second-order valence-corrected chi connectivity index (χ2v) is 3.94. The summed E-state index contributed by atoms with van der Waals surface area (Å²) in [5.41, 5.74) is 0. The Hall–Kier alpha value is -0.860. The van der Waals surface area contributed by atoms with Gasteiger partial charge in [-0.1, -0.05) is 27.7 Å². The lowest BCUT2D eigenvalue weighted by atomic mass is 10.0. The van der Waals surface area contributed by atoms with E-state index >= 15 is 0 Å². The molecule has 0 unspecified atom stereocenters. The maximum Gasteiger partial charge on any atom is 0.223 e. The van der Waals surface area contributed by atoms with Gasteiger partial charge in [0.25, 0.3) is 0 Å². The minimum absolute atomic E-state index is 0.0255. The molecule has 3 nitrogen and oxygen atoms in total. The summed E-state index contributed by atoms with van der Waals surface area (Å²) in [4.78, 5) is 22.6. The fraction of sp³-hybridized carbons (Fsp3) is 0.800. The average molecular weight is 185 g/mol. The van der Waals surface area contributed by atoms with Gasteiger partial charge in [0.1, 0.15) is 0 Å². The highest BCUT2D eigenvalue weighted by Crippen LogP contribution is 2.00. The second-order valence-electron chi connectivity index (χ2n) is 3.94. The topological polar surface area (TPSA) is 46.2 Å². The van der Waals surface area contributed by atoms with Gasteiger partial charge in [0.05, 0.1) is 6.04 Å². The number of carbonyl (C=O) groups is 2. The molecule has 1 N–H and O–H groups in total. The van der Waals surface area contributed by atoms with E-state index in [0.717, 1.165) is 0 Å². The van der Waals surface area contributed by atoms with E-state index in [0.29, 0.717) is 0 Å². The van der Waals surface area contributed by atoms with E-state index in [-0.39, 0.29) is 29.6 Å². The molecule has 1 atom stereocenters. The van der Waals surface area contributed by atoms with Crippen LogP contribution in [-0.4, -0.2) is 17.7 Å². The predicted octanol–water partition coefficient (Wildman–Crippen LogP) is 1.37. The molecule has 0 saturated carbocycles. The molecule has 0 spiro atoms. The quantitative estimate of drug-likeness (QED) is 0.719. The first-order valence-corrected chi connectivity index (χ1v) is 4.70. The van der Waals surface area contributed by atoms with Crippen LogP contribution in [0.4, 0.5) is 0 Å². The van der Waals surface area contributed by atoms with Gasteiger partial charge in [-0.3, -0.25) is 9.59 Å². The Morgan fingerprint density at radius 3 is 1.69 bits per heavy atom. The number of ketones is 1. The number of nitrogens with one attached hydrogen (secondary N) is 1. The molecule has 1 amide bonds. The van der Waals surface area contributed by atoms with Crippen LogP contribution in [-0.2, 0) is 9.59 Å². The summed E-state index contributed by atoms with van der Waals surface area (Å²) < 4.78 is 0. The largest absolute Gasteiger partial charge is 0.346 e. The average Bonchev–Trinajstić information content (AvgIpc) is 2.02. The van der Waals surface area contributed by atoms with Crippen molar-refractivity contribution in [1.29, 1.82) is 0 Å². The summed E-state index contributed by atoms with van der Waals surface area (Å²) >= 11 is 0. The molecular formula is C10H19NO2. The fourth-order valence-corrected chi connectivity index (χ4v) is 0.951. The van der Waals surface area contributed by atoms with Crippen molar-refractivity contribution in [2.24, 2.45) is 11.8 Å². The van der Waals surface area contributed by atoms with Crippen molar-refractivity contribution in [3.05, 3.63) is 0 Å². The molecule has 0 radical (unpaired) electrons. The SMILES string of the molecule is CC(C)C(=O)N[C@@H](C)C(=O)C(C)C. The van der Waals surface area contributed by atoms with Crippen LogP contribution in [0.5, 0.6) is 0 Å². The van der Waals surface area contributed by atoms with E-state index in [2.05, 4.69) is 5.32 Å². The summed E-state index contributed by atoms with van der Waals surface area (Å²) in [5.74, 6) is -0.0830. The molecule has 0 aliphatic rings. The molecule has 0 saturated heterocycles. The highest BCUT2D eigenvalue weighted by Gasteiger charge is 2.19. The molecular weight excluding hydrogens is 166 g/mol. The van der Waals surface area contributed by atoms with Gasteiger partial charge in [-0.25, -0.2) is 0 Å². The number of rotatable bonds is 4. The van der Waals surface area contributed by atoms with E-state index in [1.54, 1.807) is 6.92 Å². The summed E-state index contributed by atoms with van der Waals surface area (Å²) in [6.45, 7) is 9.01. The van der Waals surface area contributed by atoms with Crippen molar-refractivity contribution in [3.63, 3.8) is 0 Å². The summed E-state index contributed by atoms with van der Waals surface area (Å²) in [7, 11) is 0. The van der Waals surface area contributed by atoms with Crippen LogP contribution in [0.3, 0.4) is 0 Å². The molecule has 3 heteroatoms. The van der Waals surface area contributed by atoms with Crippen LogP contribution >= 0.6 is 0 Å². The van der Waals surface area contributed by atoms with E-state index in [4.69, 9.17) is 0 Å². The molecule has 0 bridgehead atoms. The fourth-order valence-electron chi connectivity index (χ4n) is 0.951. The second kappa shape index (κ2) is 5.00. The molecule has 0 heterocycles. The van der Waals surface area contributed by atoms with Gasteiger partial charge in [-0.15, -0.1) is 0 Å². The lowest BCUT2D eigenvalue weighted by Crippen LogP contribution is -2.42. The lowest BCUT2D eigenvalue weighted by Gasteiger charge is -2.16. The van der Waals surface area contributed by atoms with Gasteiger partial charge in [0.2, 0.25) is 5.91 Å². The van der Waals surface area contributed by atoms with E-state index < -0.39 is 0 Å². The molecule has 0 aliphatic heterocycles. The van der Waals surface area contributed by atoms with E-state index in [1.807, 2.05) is 27.7 Å². The first-order valence-electron chi connectivity index (χ1n) is 4.70. The molecule has 0 aromatic carbocycles. The lowest BCUT2D eigenvalue weighted by molar-refractivity contribution is -0.130. The highest BCUT2D eigenvalue weighted by atomic mass is 16.2. The van der Waals surface area contributed by atoms with Crippen molar-refractivity contribution in [3.8, 4) is 0 Å². The third-order valence-electron chi connectivity index (χ3n) is 1.88. The van der Waals surface area contributed by atoms with Crippen molar-refractivity contribution in [2.45, 2.75) is 40.7 Å². The van der Waals surface area contributed by atoms with Gasteiger partial charge in [0.15, 0.2) is 5.78 Å². The molecule has 0 aliphatic carbocycles. The van der Waals surface area contributed by atoms with Crippen molar-refractivity contribution >= 4 is 11.7 Å². The number of carbonyl (C=O) groups excluding carboxylic acids is 2. The third-order valence-corrected chi connectivity index (χ3v) is 1.88.